The van der Waals surface area contributed by atoms with E-state index in [9.17, 15) is 23.3 Å². The number of hydrogen-bond donors (Lipinski definition) is 1. The molecule has 0 aromatic heterocycles. The summed E-state index contributed by atoms with van der Waals surface area (Å²) in [4.78, 5) is 22.6. The molecule has 0 radical (unpaired) electrons. The maximum absolute atomic E-state index is 12.8. The van der Waals surface area contributed by atoms with Gasteiger partial charge in [0.25, 0.3) is 11.6 Å². The number of hydrogen-bond acceptors (Lipinski definition) is 5. The van der Waals surface area contributed by atoms with Gasteiger partial charge in [0.15, 0.2) is 0 Å². The lowest BCUT2D eigenvalue weighted by atomic mass is 10.0. The average molecular weight is 403 g/mol. The van der Waals surface area contributed by atoms with Gasteiger partial charge in [0, 0.05) is 36.8 Å². The number of aryl methyl sites for hydroxylation is 1. The molecule has 9 heteroatoms. The van der Waals surface area contributed by atoms with E-state index in [1.54, 1.807) is 12.1 Å². The Morgan fingerprint density at radius 2 is 1.82 bits per heavy atom. The zero-order valence-electron chi connectivity index (χ0n) is 15.4. The first-order valence-electron chi connectivity index (χ1n) is 8.90. The Morgan fingerprint density at radius 3 is 2.46 bits per heavy atom. The van der Waals surface area contributed by atoms with E-state index >= 15 is 0 Å². The number of nitro groups is 1. The van der Waals surface area contributed by atoms with Crippen molar-refractivity contribution < 1.29 is 18.1 Å². The van der Waals surface area contributed by atoms with Crippen LogP contribution in [0.25, 0.3) is 0 Å². The molecule has 0 spiro atoms. The van der Waals surface area contributed by atoms with Crippen molar-refractivity contribution in [1.29, 1.82) is 0 Å². The highest BCUT2D eigenvalue weighted by molar-refractivity contribution is 7.89. The highest BCUT2D eigenvalue weighted by Crippen LogP contribution is 2.24. The highest BCUT2D eigenvalue weighted by atomic mass is 32.2. The Kier molecular flexibility index (Phi) is 5.76. The van der Waals surface area contributed by atoms with Crippen LogP contribution in [0.5, 0.6) is 0 Å². The average Bonchev–Trinajstić information content (AvgIpc) is 2.68. The van der Waals surface area contributed by atoms with Crippen molar-refractivity contribution in [3.05, 3.63) is 69.8 Å². The van der Waals surface area contributed by atoms with E-state index in [1.165, 1.54) is 22.5 Å². The molecule has 2 aromatic rings. The molecule has 1 saturated heterocycles. The minimum atomic E-state index is -3.81. The fourth-order valence-electron chi connectivity index (χ4n) is 3.24. The number of carbonyl (C=O) groups is 1. The van der Waals surface area contributed by atoms with Gasteiger partial charge >= 0.3 is 0 Å². The predicted molar refractivity (Wildman–Crippen MR) is 104 cm³/mol. The van der Waals surface area contributed by atoms with E-state index in [1.807, 2.05) is 19.1 Å². The van der Waals surface area contributed by atoms with Crippen LogP contribution in [0.15, 0.2) is 53.4 Å². The molecule has 1 fully saturated rings. The molecule has 28 heavy (non-hydrogen) atoms. The molecule has 0 unspecified atom stereocenters. The molecule has 1 amide bonds. The number of sulfonamides is 1. The standard InChI is InChI=1S/C19H21N3O5S/c1-14-5-2-3-8-18(14)19(23)20-15-9-11-21(12-10-15)28(26,27)17-7-4-6-16(13-17)22(24)25/h2-8,13,15H,9-12H2,1H3,(H,20,23). The second-order valence-electron chi connectivity index (χ2n) is 6.72. The van der Waals surface area contributed by atoms with Gasteiger partial charge in [-0.1, -0.05) is 24.3 Å². The van der Waals surface area contributed by atoms with Crippen LogP contribution in [0, 0.1) is 17.0 Å². The molecule has 1 aliphatic rings. The summed E-state index contributed by atoms with van der Waals surface area (Å²) in [5, 5.41) is 13.9. The monoisotopic (exact) mass is 403 g/mol. The molecule has 1 aliphatic heterocycles. The zero-order chi connectivity index (χ0) is 20.3. The quantitative estimate of drug-likeness (QED) is 0.609. The fourth-order valence-corrected chi connectivity index (χ4v) is 4.75. The van der Waals surface area contributed by atoms with E-state index < -0.39 is 14.9 Å². The van der Waals surface area contributed by atoms with E-state index in [2.05, 4.69) is 5.32 Å². The first kappa shape index (κ1) is 20.0. The van der Waals surface area contributed by atoms with E-state index in [0.717, 1.165) is 11.6 Å². The molecule has 0 aliphatic carbocycles. The Hall–Kier alpha value is -2.78. The highest BCUT2D eigenvalue weighted by Gasteiger charge is 2.31. The molecule has 1 N–H and O–H groups in total. The Labute approximate surface area is 163 Å². The van der Waals surface area contributed by atoms with Crippen LogP contribution in [0.4, 0.5) is 5.69 Å². The van der Waals surface area contributed by atoms with Crippen LogP contribution >= 0.6 is 0 Å². The molecule has 148 valence electrons. The van der Waals surface area contributed by atoms with Crippen molar-refractivity contribution in [3.63, 3.8) is 0 Å². The molecule has 0 atom stereocenters. The smallest absolute Gasteiger partial charge is 0.270 e. The Balaban J connectivity index is 1.65. The summed E-state index contributed by atoms with van der Waals surface area (Å²) >= 11 is 0. The van der Waals surface area contributed by atoms with Crippen LogP contribution < -0.4 is 5.32 Å². The number of rotatable bonds is 5. The first-order valence-corrected chi connectivity index (χ1v) is 10.3. The number of carbonyl (C=O) groups excluding carboxylic acids is 1. The summed E-state index contributed by atoms with van der Waals surface area (Å²) in [5.41, 5.74) is 1.22. The molecule has 0 bridgehead atoms. The van der Waals surface area contributed by atoms with Gasteiger partial charge in [-0.15, -0.1) is 0 Å². The number of benzene rings is 2. The van der Waals surface area contributed by atoms with E-state index in [0.29, 0.717) is 18.4 Å². The van der Waals surface area contributed by atoms with E-state index in [4.69, 9.17) is 0 Å². The Bertz CT molecular complexity index is 998. The molecule has 0 saturated carbocycles. The minimum absolute atomic E-state index is 0.0934. The maximum atomic E-state index is 12.8. The molecular weight excluding hydrogens is 382 g/mol. The van der Waals surface area contributed by atoms with Crippen LogP contribution in [-0.2, 0) is 10.0 Å². The lowest BCUT2D eigenvalue weighted by Gasteiger charge is -2.31. The van der Waals surface area contributed by atoms with E-state index in [-0.39, 0.29) is 35.6 Å². The summed E-state index contributed by atoms with van der Waals surface area (Å²) in [7, 11) is -3.81. The van der Waals surface area contributed by atoms with Crippen LogP contribution in [0.2, 0.25) is 0 Å². The lowest BCUT2D eigenvalue weighted by molar-refractivity contribution is -0.385. The number of piperidine rings is 1. The van der Waals surface area contributed by atoms with Crippen molar-refractivity contribution in [3.8, 4) is 0 Å². The lowest BCUT2D eigenvalue weighted by Crippen LogP contribution is -2.46. The van der Waals surface area contributed by atoms with Crippen molar-refractivity contribution in [2.45, 2.75) is 30.7 Å². The third-order valence-corrected chi connectivity index (χ3v) is 6.74. The third-order valence-electron chi connectivity index (χ3n) is 4.85. The van der Waals surface area contributed by atoms with Crippen molar-refractivity contribution in [1.82, 2.24) is 9.62 Å². The van der Waals surface area contributed by atoms with Gasteiger partial charge in [-0.05, 0) is 37.5 Å². The van der Waals surface area contributed by atoms with Crippen LogP contribution in [-0.4, -0.2) is 42.7 Å². The fraction of sp³-hybridized carbons (Fsp3) is 0.316. The second-order valence-corrected chi connectivity index (χ2v) is 8.66. The van der Waals surface area contributed by atoms with Gasteiger partial charge in [-0.3, -0.25) is 14.9 Å². The Morgan fingerprint density at radius 1 is 1.14 bits per heavy atom. The SMILES string of the molecule is Cc1ccccc1C(=O)NC1CCN(S(=O)(=O)c2cccc([N+](=O)[O-])c2)CC1. The molecule has 8 nitrogen and oxygen atoms in total. The van der Waals surface area contributed by atoms with Crippen LogP contribution in [0.1, 0.15) is 28.8 Å². The first-order chi connectivity index (χ1) is 13.3. The minimum Gasteiger partial charge on any atom is -0.349 e. The van der Waals surface area contributed by atoms with Gasteiger partial charge in [0.05, 0.1) is 9.82 Å². The maximum Gasteiger partial charge on any atom is 0.270 e. The summed E-state index contributed by atoms with van der Waals surface area (Å²) in [6, 6.07) is 12.2. The largest absolute Gasteiger partial charge is 0.349 e. The van der Waals surface area contributed by atoms with Crippen molar-refractivity contribution in [2.24, 2.45) is 0 Å². The summed E-state index contributed by atoms with van der Waals surface area (Å²) < 4.78 is 26.9. The third kappa shape index (κ3) is 4.20. The van der Waals surface area contributed by atoms with Gasteiger partial charge in [0.1, 0.15) is 0 Å². The normalized spacial score (nSPS) is 15.9. The van der Waals surface area contributed by atoms with Gasteiger partial charge in [-0.25, -0.2) is 8.42 Å². The van der Waals surface area contributed by atoms with Crippen LogP contribution in [0.3, 0.4) is 0 Å². The topological polar surface area (TPSA) is 110 Å². The summed E-state index contributed by atoms with van der Waals surface area (Å²) in [5.74, 6) is -0.168. The number of non-ortho nitro benzene ring substituents is 1. The van der Waals surface area contributed by atoms with Gasteiger partial charge in [0.2, 0.25) is 10.0 Å². The summed E-state index contributed by atoms with van der Waals surface area (Å²) in [6.07, 6.45) is 0.956. The molecule has 3 rings (SSSR count). The van der Waals surface area contributed by atoms with Gasteiger partial charge < -0.3 is 5.32 Å². The van der Waals surface area contributed by atoms with Crippen molar-refractivity contribution in [2.75, 3.05) is 13.1 Å². The number of nitrogens with one attached hydrogen (secondary N) is 1. The zero-order valence-corrected chi connectivity index (χ0v) is 16.2. The summed E-state index contributed by atoms with van der Waals surface area (Å²) in [6.45, 7) is 2.34. The number of nitro benzene ring substituents is 1. The number of amides is 1. The number of nitrogens with zero attached hydrogens (tertiary/aromatic N) is 2. The van der Waals surface area contributed by atoms with Gasteiger partial charge in [-0.2, -0.15) is 4.31 Å². The molecular formula is C19H21N3O5S. The molecule has 2 aromatic carbocycles. The predicted octanol–water partition coefficient (Wildman–Crippen LogP) is 2.49. The molecule has 1 heterocycles. The second kappa shape index (κ2) is 8.07. The van der Waals surface area contributed by atoms with Crippen molar-refractivity contribution >= 4 is 21.6 Å².